The number of guanidine groups is 1. The van der Waals surface area contributed by atoms with Crippen LogP contribution < -0.4 is 10.6 Å². The van der Waals surface area contributed by atoms with Crippen molar-refractivity contribution in [2.45, 2.75) is 13.0 Å². The summed E-state index contributed by atoms with van der Waals surface area (Å²) < 4.78 is 0. The summed E-state index contributed by atoms with van der Waals surface area (Å²) in [6, 6.07) is 14.9. The smallest absolute Gasteiger partial charge is 0.191 e. The van der Waals surface area contributed by atoms with Gasteiger partial charge in [-0.3, -0.25) is 4.99 Å². The van der Waals surface area contributed by atoms with Crippen LogP contribution in [0.2, 0.25) is 0 Å². The maximum atomic E-state index is 4.42. The minimum atomic E-state index is 0. The molecule has 100 valence electrons. The number of fused-ring (bicyclic) bond motifs is 1. The summed E-state index contributed by atoms with van der Waals surface area (Å²) in [7, 11) is 0. The van der Waals surface area contributed by atoms with Crippen LogP contribution >= 0.6 is 24.0 Å². The molecule has 1 heterocycles. The molecule has 0 saturated carbocycles. The summed E-state index contributed by atoms with van der Waals surface area (Å²) in [5.74, 6) is 0.925. The SMILES string of the molecule is I.c1ccc2c(CNC3=NCCCN3)cccc2c1. The molecule has 0 amide bonds. The van der Waals surface area contributed by atoms with E-state index in [4.69, 9.17) is 0 Å². The van der Waals surface area contributed by atoms with Gasteiger partial charge in [-0.25, -0.2) is 0 Å². The third-order valence-electron chi connectivity index (χ3n) is 3.22. The van der Waals surface area contributed by atoms with Gasteiger partial charge < -0.3 is 10.6 Å². The molecule has 2 aromatic carbocycles. The van der Waals surface area contributed by atoms with Crippen molar-refractivity contribution in [3.63, 3.8) is 0 Å². The van der Waals surface area contributed by atoms with Gasteiger partial charge >= 0.3 is 0 Å². The predicted octanol–water partition coefficient (Wildman–Crippen LogP) is 2.90. The summed E-state index contributed by atoms with van der Waals surface area (Å²) in [5.41, 5.74) is 1.31. The van der Waals surface area contributed by atoms with E-state index in [1.54, 1.807) is 0 Å². The molecule has 0 aromatic heterocycles. The zero-order chi connectivity index (χ0) is 12.2. The van der Waals surface area contributed by atoms with Crippen LogP contribution in [0.1, 0.15) is 12.0 Å². The largest absolute Gasteiger partial charge is 0.356 e. The van der Waals surface area contributed by atoms with Crippen molar-refractivity contribution in [1.29, 1.82) is 0 Å². The molecule has 2 aromatic rings. The minimum Gasteiger partial charge on any atom is -0.356 e. The van der Waals surface area contributed by atoms with Crippen molar-refractivity contribution >= 4 is 40.7 Å². The van der Waals surface area contributed by atoms with E-state index in [0.29, 0.717) is 0 Å². The van der Waals surface area contributed by atoms with Gasteiger partial charge in [0.1, 0.15) is 0 Å². The van der Waals surface area contributed by atoms with E-state index in [1.165, 1.54) is 16.3 Å². The fraction of sp³-hybridized carbons (Fsp3) is 0.267. The van der Waals surface area contributed by atoms with Crippen LogP contribution in [0.3, 0.4) is 0 Å². The third-order valence-corrected chi connectivity index (χ3v) is 3.22. The molecule has 0 bridgehead atoms. The first-order valence-electron chi connectivity index (χ1n) is 6.42. The quantitative estimate of drug-likeness (QED) is 0.801. The van der Waals surface area contributed by atoms with E-state index < -0.39 is 0 Å². The summed E-state index contributed by atoms with van der Waals surface area (Å²) in [4.78, 5) is 4.42. The molecule has 0 atom stereocenters. The van der Waals surface area contributed by atoms with E-state index in [9.17, 15) is 0 Å². The van der Waals surface area contributed by atoms with Gasteiger partial charge in [0.2, 0.25) is 0 Å². The van der Waals surface area contributed by atoms with Gasteiger partial charge in [0.05, 0.1) is 0 Å². The lowest BCUT2D eigenvalue weighted by Crippen LogP contribution is -2.40. The molecule has 0 spiro atoms. The van der Waals surface area contributed by atoms with E-state index in [1.807, 2.05) is 0 Å². The topological polar surface area (TPSA) is 36.4 Å². The van der Waals surface area contributed by atoms with Gasteiger partial charge in [0.15, 0.2) is 5.96 Å². The Hall–Kier alpha value is -1.30. The molecule has 1 aliphatic rings. The monoisotopic (exact) mass is 367 g/mol. The molecule has 3 rings (SSSR count). The normalized spacial score (nSPS) is 14.2. The molecule has 3 nitrogen and oxygen atoms in total. The van der Waals surface area contributed by atoms with E-state index in [0.717, 1.165) is 32.0 Å². The molecule has 0 fully saturated rings. The van der Waals surface area contributed by atoms with Crippen molar-refractivity contribution in [2.75, 3.05) is 13.1 Å². The Bertz CT molecular complexity index is 575. The zero-order valence-electron chi connectivity index (χ0n) is 10.7. The minimum absolute atomic E-state index is 0. The van der Waals surface area contributed by atoms with Crippen LogP contribution in [0.5, 0.6) is 0 Å². The molecule has 0 saturated heterocycles. The van der Waals surface area contributed by atoms with Crippen molar-refractivity contribution in [2.24, 2.45) is 4.99 Å². The zero-order valence-corrected chi connectivity index (χ0v) is 13.1. The second-order valence-electron chi connectivity index (χ2n) is 4.50. The number of halogens is 1. The Labute approximate surface area is 130 Å². The summed E-state index contributed by atoms with van der Waals surface area (Å²) in [6.07, 6.45) is 1.12. The first-order chi connectivity index (χ1) is 8.93. The molecule has 4 heteroatoms. The third kappa shape index (κ3) is 3.37. The average molecular weight is 367 g/mol. The fourth-order valence-electron chi connectivity index (χ4n) is 2.28. The van der Waals surface area contributed by atoms with Crippen LogP contribution in [-0.4, -0.2) is 19.0 Å². The lowest BCUT2D eigenvalue weighted by Gasteiger charge is -2.16. The number of benzene rings is 2. The van der Waals surface area contributed by atoms with Gasteiger partial charge in [-0.15, -0.1) is 24.0 Å². The number of aliphatic imine (C=N–C) groups is 1. The molecular formula is C15H18IN3. The number of rotatable bonds is 2. The highest BCUT2D eigenvalue weighted by atomic mass is 127. The second kappa shape index (κ2) is 6.75. The van der Waals surface area contributed by atoms with Gasteiger partial charge in [-0.05, 0) is 22.8 Å². The number of nitrogens with zero attached hydrogens (tertiary/aromatic N) is 1. The van der Waals surface area contributed by atoms with Gasteiger partial charge in [0, 0.05) is 19.6 Å². The average Bonchev–Trinajstić information content (AvgIpc) is 2.46. The predicted molar refractivity (Wildman–Crippen MR) is 91.1 cm³/mol. The molecule has 0 unspecified atom stereocenters. The molecule has 19 heavy (non-hydrogen) atoms. The lowest BCUT2D eigenvalue weighted by atomic mass is 10.0. The molecule has 0 radical (unpaired) electrons. The van der Waals surface area contributed by atoms with Crippen LogP contribution in [0, 0.1) is 0 Å². The van der Waals surface area contributed by atoms with Crippen molar-refractivity contribution in [3.05, 3.63) is 48.0 Å². The maximum absolute atomic E-state index is 4.42. The Morgan fingerprint density at radius 3 is 2.79 bits per heavy atom. The molecular weight excluding hydrogens is 349 g/mol. The van der Waals surface area contributed by atoms with Crippen molar-refractivity contribution in [3.8, 4) is 0 Å². The van der Waals surface area contributed by atoms with E-state index in [2.05, 4.69) is 58.1 Å². The molecule has 1 aliphatic heterocycles. The Morgan fingerprint density at radius 1 is 1.11 bits per heavy atom. The maximum Gasteiger partial charge on any atom is 0.191 e. The number of hydrogen-bond donors (Lipinski definition) is 2. The first kappa shape index (κ1) is 14.1. The molecule has 2 N–H and O–H groups in total. The Balaban J connectivity index is 0.00000133. The van der Waals surface area contributed by atoms with Gasteiger partial charge in [-0.1, -0.05) is 42.5 Å². The Kier molecular flexibility index (Phi) is 5.01. The standard InChI is InChI=1S/C15H17N3.HI/c1-2-8-14-12(5-1)6-3-7-13(14)11-18-15-16-9-4-10-17-15;/h1-3,5-8H,4,9-11H2,(H2,16,17,18);1H. The van der Waals surface area contributed by atoms with Crippen LogP contribution in [0.15, 0.2) is 47.5 Å². The molecule has 0 aliphatic carbocycles. The van der Waals surface area contributed by atoms with Crippen LogP contribution in [0.25, 0.3) is 10.8 Å². The highest BCUT2D eigenvalue weighted by molar-refractivity contribution is 14.0. The van der Waals surface area contributed by atoms with E-state index in [-0.39, 0.29) is 24.0 Å². The van der Waals surface area contributed by atoms with Gasteiger partial charge in [-0.2, -0.15) is 0 Å². The summed E-state index contributed by atoms with van der Waals surface area (Å²) in [6.45, 7) is 2.75. The fourth-order valence-corrected chi connectivity index (χ4v) is 2.28. The van der Waals surface area contributed by atoms with Gasteiger partial charge in [0.25, 0.3) is 0 Å². The number of hydrogen-bond acceptors (Lipinski definition) is 3. The summed E-state index contributed by atoms with van der Waals surface area (Å²) in [5, 5.41) is 9.24. The highest BCUT2D eigenvalue weighted by Gasteiger charge is 2.04. The van der Waals surface area contributed by atoms with Crippen LogP contribution in [0.4, 0.5) is 0 Å². The van der Waals surface area contributed by atoms with Crippen LogP contribution in [-0.2, 0) is 6.54 Å². The van der Waals surface area contributed by atoms with E-state index >= 15 is 0 Å². The first-order valence-corrected chi connectivity index (χ1v) is 6.42. The second-order valence-corrected chi connectivity index (χ2v) is 4.50. The van der Waals surface area contributed by atoms with Crippen molar-refractivity contribution in [1.82, 2.24) is 10.6 Å². The lowest BCUT2D eigenvalue weighted by molar-refractivity contribution is 0.703. The Morgan fingerprint density at radius 2 is 1.95 bits per heavy atom. The summed E-state index contributed by atoms with van der Waals surface area (Å²) >= 11 is 0. The number of nitrogens with one attached hydrogen (secondary N) is 2. The van der Waals surface area contributed by atoms with Crippen molar-refractivity contribution < 1.29 is 0 Å². The highest BCUT2D eigenvalue weighted by Crippen LogP contribution is 2.18.